The fourth-order valence-electron chi connectivity index (χ4n) is 3.86. The van der Waals surface area contributed by atoms with Crippen LogP contribution >= 0.6 is 12.4 Å². The first-order chi connectivity index (χ1) is 13.7. The number of halogens is 1. The molecule has 0 aliphatic carbocycles. The predicted octanol–water partition coefficient (Wildman–Crippen LogP) is 1.97. The quantitative estimate of drug-likeness (QED) is 0.415. The van der Waals surface area contributed by atoms with E-state index >= 15 is 0 Å². The van der Waals surface area contributed by atoms with Gasteiger partial charge in [0.25, 0.3) is 0 Å². The molecule has 162 valence electrons. The van der Waals surface area contributed by atoms with Crippen LogP contribution in [0, 0.1) is 0 Å². The number of nitrogens with zero attached hydrogens (tertiary/aromatic N) is 2. The molecular weight excluding hydrogens is 390 g/mol. The van der Waals surface area contributed by atoms with Crippen molar-refractivity contribution in [3.8, 4) is 0 Å². The second kappa shape index (κ2) is 12.0. The highest BCUT2D eigenvalue weighted by Crippen LogP contribution is 2.21. The number of anilines is 2. The summed E-state index contributed by atoms with van der Waals surface area (Å²) in [4.78, 5) is 28.1. The van der Waals surface area contributed by atoms with Gasteiger partial charge in [-0.05, 0) is 56.6 Å². The maximum Gasteiger partial charge on any atom is 0.249 e. The van der Waals surface area contributed by atoms with Crippen molar-refractivity contribution in [2.75, 3.05) is 49.5 Å². The average molecular weight is 424 g/mol. The molecule has 8 heteroatoms. The minimum absolute atomic E-state index is 0. The number of piperidine rings is 1. The van der Waals surface area contributed by atoms with E-state index in [9.17, 15) is 9.59 Å². The van der Waals surface area contributed by atoms with Crippen molar-refractivity contribution >= 4 is 35.6 Å². The summed E-state index contributed by atoms with van der Waals surface area (Å²) in [5.41, 5.74) is 7.67. The van der Waals surface area contributed by atoms with E-state index in [1.165, 1.54) is 31.5 Å². The monoisotopic (exact) mass is 423 g/mol. The van der Waals surface area contributed by atoms with Crippen LogP contribution in [0.25, 0.3) is 0 Å². The van der Waals surface area contributed by atoms with Crippen LogP contribution in [0.1, 0.15) is 38.5 Å². The Hall–Kier alpha value is -1.83. The van der Waals surface area contributed by atoms with Crippen molar-refractivity contribution in [3.63, 3.8) is 0 Å². The Labute approximate surface area is 179 Å². The first-order valence-corrected chi connectivity index (χ1v) is 10.5. The number of hydrogen-bond acceptors (Lipinski definition) is 6. The fraction of sp³-hybridized carbons (Fsp3) is 0.619. The number of piperazine rings is 1. The maximum absolute atomic E-state index is 11.9. The number of imide groups is 1. The molecule has 0 saturated carbocycles. The maximum atomic E-state index is 11.9. The third-order valence-corrected chi connectivity index (χ3v) is 5.61. The molecule has 2 aliphatic rings. The van der Waals surface area contributed by atoms with Gasteiger partial charge in [-0.1, -0.05) is 12.8 Å². The van der Waals surface area contributed by atoms with E-state index in [4.69, 9.17) is 5.73 Å². The number of unbranched alkanes of at least 4 members (excludes halogenated alkanes) is 3. The first-order valence-electron chi connectivity index (χ1n) is 10.5. The van der Waals surface area contributed by atoms with Gasteiger partial charge in [0.1, 0.15) is 6.04 Å². The Bertz CT molecular complexity index is 647. The van der Waals surface area contributed by atoms with E-state index in [0.29, 0.717) is 12.8 Å². The zero-order valence-electron chi connectivity index (χ0n) is 17.1. The lowest BCUT2D eigenvalue weighted by molar-refractivity contribution is -0.133. The summed E-state index contributed by atoms with van der Waals surface area (Å²) >= 11 is 0. The Kier molecular flexibility index (Phi) is 9.70. The molecule has 3 rings (SSSR count). The molecular formula is C21H34ClN5O2. The smallest absolute Gasteiger partial charge is 0.249 e. The molecule has 1 aromatic rings. The van der Waals surface area contributed by atoms with Crippen molar-refractivity contribution in [3.05, 3.63) is 24.3 Å². The summed E-state index contributed by atoms with van der Waals surface area (Å²) in [7, 11) is 0. The zero-order chi connectivity index (χ0) is 19.8. The van der Waals surface area contributed by atoms with Crippen LogP contribution < -0.4 is 21.3 Å². The number of nitrogens with two attached hydrogens (primary N) is 1. The number of amides is 2. The average Bonchev–Trinajstić information content (AvgIpc) is 2.71. The third-order valence-electron chi connectivity index (χ3n) is 5.61. The number of rotatable bonds is 9. The molecule has 1 aromatic carbocycles. The first kappa shape index (κ1) is 23.4. The molecule has 0 bridgehead atoms. The molecule has 2 amide bonds. The topological polar surface area (TPSA) is 90.7 Å². The summed E-state index contributed by atoms with van der Waals surface area (Å²) in [6.07, 6.45) is 5.86. The van der Waals surface area contributed by atoms with E-state index in [1.807, 2.05) is 12.1 Å². The Balaban J connectivity index is 0.00000300. The second-order valence-electron chi connectivity index (χ2n) is 7.73. The fourth-order valence-corrected chi connectivity index (χ4v) is 3.86. The molecule has 4 N–H and O–H groups in total. The molecule has 2 fully saturated rings. The standard InChI is InChI=1S/C21H33N5O2.ClH/c22-11-3-1-2-4-12-25-13-15-26(16-14-25)18-7-5-17(6-8-18)23-19-9-10-20(27)24-21(19)28;/h5-8,19,23H,1-4,9-16,22H2,(H,24,27,28);1H. The van der Waals surface area contributed by atoms with Crippen LogP contribution in [-0.4, -0.2) is 62.0 Å². The van der Waals surface area contributed by atoms with Gasteiger partial charge < -0.3 is 16.0 Å². The summed E-state index contributed by atoms with van der Waals surface area (Å²) in [6.45, 7) is 6.29. The van der Waals surface area contributed by atoms with Crippen molar-refractivity contribution < 1.29 is 9.59 Å². The molecule has 0 radical (unpaired) electrons. The zero-order valence-corrected chi connectivity index (χ0v) is 17.9. The highest BCUT2D eigenvalue weighted by atomic mass is 35.5. The number of benzene rings is 1. The molecule has 1 atom stereocenters. The Morgan fingerprint density at radius 3 is 2.34 bits per heavy atom. The van der Waals surface area contributed by atoms with Crippen molar-refractivity contribution in [2.24, 2.45) is 5.73 Å². The lowest BCUT2D eigenvalue weighted by Crippen LogP contribution is -2.47. The SMILES string of the molecule is Cl.NCCCCCCN1CCN(c2ccc(NC3CCC(=O)NC3=O)cc2)CC1. The van der Waals surface area contributed by atoms with E-state index in [1.54, 1.807) is 0 Å². The van der Waals surface area contributed by atoms with Crippen LogP contribution in [0.5, 0.6) is 0 Å². The van der Waals surface area contributed by atoms with Gasteiger partial charge in [-0.3, -0.25) is 19.8 Å². The number of carbonyl (C=O) groups excluding carboxylic acids is 2. The van der Waals surface area contributed by atoms with Crippen molar-refractivity contribution in [1.29, 1.82) is 0 Å². The molecule has 1 unspecified atom stereocenters. The lowest BCUT2D eigenvalue weighted by atomic mass is 10.1. The Morgan fingerprint density at radius 1 is 1.00 bits per heavy atom. The normalized spacial score (nSPS) is 20.2. The summed E-state index contributed by atoms with van der Waals surface area (Å²) in [5, 5.41) is 5.61. The van der Waals surface area contributed by atoms with Crippen LogP contribution in [-0.2, 0) is 9.59 Å². The van der Waals surface area contributed by atoms with Crippen LogP contribution in [0.15, 0.2) is 24.3 Å². The van der Waals surface area contributed by atoms with E-state index in [-0.39, 0.29) is 30.3 Å². The van der Waals surface area contributed by atoms with Gasteiger partial charge in [-0.2, -0.15) is 0 Å². The minimum atomic E-state index is -0.336. The van der Waals surface area contributed by atoms with E-state index in [2.05, 4.69) is 32.6 Å². The molecule has 2 aliphatic heterocycles. The van der Waals surface area contributed by atoms with Gasteiger partial charge in [0.2, 0.25) is 11.8 Å². The van der Waals surface area contributed by atoms with Crippen molar-refractivity contribution in [2.45, 2.75) is 44.6 Å². The summed E-state index contributed by atoms with van der Waals surface area (Å²) < 4.78 is 0. The van der Waals surface area contributed by atoms with Crippen LogP contribution in [0.3, 0.4) is 0 Å². The molecule has 2 heterocycles. The molecule has 0 spiro atoms. The van der Waals surface area contributed by atoms with E-state index in [0.717, 1.165) is 44.8 Å². The molecule has 0 aromatic heterocycles. The highest BCUT2D eigenvalue weighted by Gasteiger charge is 2.26. The van der Waals surface area contributed by atoms with Gasteiger partial charge >= 0.3 is 0 Å². The Morgan fingerprint density at radius 2 is 1.69 bits per heavy atom. The summed E-state index contributed by atoms with van der Waals surface area (Å²) in [6, 6.07) is 7.91. The lowest BCUT2D eigenvalue weighted by Gasteiger charge is -2.36. The molecule has 7 nitrogen and oxygen atoms in total. The van der Waals surface area contributed by atoms with E-state index < -0.39 is 0 Å². The number of carbonyl (C=O) groups is 2. The van der Waals surface area contributed by atoms with Crippen LogP contribution in [0.4, 0.5) is 11.4 Å². The predicted molar refractivity (Wildman–Crippen MR) is 120 cm³/mol. The largest absolute Gasteiger partial charge is 0.374 e. The third kappa shape index (κ3) is 7.17. The van der Waals surface area contributed by atoms with Crippen LogP contribution in [0.2, 0.25) is 0 Å². The molecule has 2 saturated heterocycles. The number of nitrogens with one attached hydrogen (secondary N) is 2. The second-order valence-corrected chi connectivity index (χ2v) is 7.73. The van der Waals surface area contributed by atoms with Gasteiger partial charge in [0, 0.05) is 44.0 Å². The van der Waals surface area contributed by atoms with Gasteiger partial charge in [-0.25, -0.2) is 0 Å². The summed E-state index contributed by atoms with van der Waals surface area (Å²) in [5.74, 6) is -0.424. The van der Waals surface area contributed by atoms with Crippen molar-refractivity contribution in [1.82, 2.24) is 10.2 Å². The van der Waals surface area contributed by atoms with Gasteiger partial charge in [-0.15, -0.1) is 12.4 Å². The molecule has 29 heavy (non-hydrogen) atoms. The minimum Gasteiger partial charge on any atom is -0.374 e. The number of hydrogen-bond donors (Lipinski definition) is 3. The van der Waals surface area contributed by atoms with Gasteiger partial charge in [0.15, 0.2) is 0 Å². The van der Waals surface area contributed by atoms with Gasteiger partial charge in [0.05, 0.1) is 0 Å². The highest BCUT2D eigenvalue weighted by molar-refractivity contribution is 6.01.